The highest BCUT2D eigenvalue weighted by Gasteiger charge is 2.44. The highest BCUT2D eigenvalue weighted by atomic mass is 16.7. The van der Waals surface area contributed by atoms with Gasteiger partial charge in [-0.1, -0.05) is 169 Å². The van der Waals surface area contributed by atoms with Gasteiger partial charge in [0.25, 0.3) is 0 Å². The molecule has 0 bridgehead atoms. The van der Waals surface area contributed by atoms with Crippen molar-refractivity contribution in [1.82, 2.24) is 0 Å². The number of aliphatic hydroxyl groups is 4. The zero-order valence-electron chi connectivity index (χ0n) is 37.6. The number of hydrogen-bond acceptors (Lipinski definition) is 10. The minimum atomic E-state index is -1.61. The largest absolute Gasteiger partial charge is 0.462 e. The lowest BCUT2D eigenvalue weighted by Crippen LogP contribution is -2.59. The van der Waals surface area contributed by atoms with Crippen molar-refractivity contribution < 1.29 is 49.0 Å². The number of carbonyl (C=O) groups is 2. The quantitative estimate of drug-likeness (QED) is 0.0206. The van der Waals surface area contributed by atoms with Gasteiger partial charge in [0.1, 0.15) is 31.0 Å². The molecule has 1 heterocycles. The van der Waals surface area contributed by atoms with Crippen LogP contribution in [0.2, 0.25) is 0 Å². The van der Waals surface area contributed by atoms with Gasteiger partial charge in [-0.3, -0.25) is 9.59 Å². The lowest BCUT2D eigenvalue weighted by Gasteiger charge is -2.39. The standard InChI is InChI=1S/C51H82O10/c1-3-5-7-9-11-13-15-17-19-20-21-22-23-24-26-28-30-32-34-36-38-40-47(54)60-44(43-59-51-50(57)49(56)48(55)45(41-52)61-51)42-58-46(53)39-37-35-33-31-29-27-25-18-16-14-12-10-8-6-4-2/h6,8,10,12,14,16,18-20,22-23,25-26,28,32,34,44-45,48-52,55-57H,3-5,7,9,11,13,15,17,21,24,27,29-31,33,35-43H2,1-2H3/b8-6+,12-10+,16-14+,20-19+,23-22+,25-18+,28-26+,34-32+/t44-,45-,48+,49?,50?,51-/m1/s1. The topological polar surface area (TPSA) is 152 Å². The van der Waals surface area contributed by atoms with E-state index in [9.17, 15) is 30.0 Å². The Kier molecular flexibility index (Phi) is 37.1. The minimum Gasteiger partial charge on any atom is -0.462 e. The molecular formula is C51H82O10. The summed E-state index contributed by atoms with van der Waals surface area (Å²) in [5, 5.41) is 40.1. The zero-order chi connectivity index (χ0) is 44.4. The Balaban J connectivity index is 2.38. The van der Waals surface area contributed by atoms with Crippen LogP contribution in [0.1, 0.15) is 155 Å². The van der Waals surface area contributed by atoms with E-state index in [1.54, 1.807) is 0 Å². The van der Waals surface area contributed by atoms with Crippen LogP contribution in [-0.2, 0) is 28.5 Å². The number of ether oxygens (including phenoxy) is 4. The van der Waals surface area contributed by atoms with E-state index in [4.69, 9.17) is 18.9 Å². The van der Waals surface area contributed by atoms with Gasteiger partial charge in [0, 0.05) is 12.8 Å². The number of esters is 2. The zero-order valence-corrected chi connectivity index (χ0v) is 37.6. The van der Waals surface area contributed by atoms with E-state index in [1.165, 1.54) is 51.4 Å². The van der Waals surface area contributed by atoms with Crippen LogP contribution >= 0.6 is 0 Å². The molecule has 4 N–H and O–H groups in total. The SMILES string of the molecule is CC/C=C/C=C/C=C/C=C/CCCCCCCC(=O)OC[C@H](CO[C@@H]1O[C@H](CO)[C@H](O)C(O)C1O)OC(=O)CCC/C=C/C/C=C/C/C=C/C/C=C/CCCCCCCCC. The minimum absolute atomic E-state index is 0.143. The van der Waals surface area contributed by atoms with Gasteiger partial charge >= 0.3 is 11.9 Å². The summed E-state index contributed by atoms with van der Waals surface area (Å²) >= 11 is 0. The van der Waals surface area contributed by atoms with Gasteiger partial charge in [-0.05, 0) is 70.6 Å². The van der Waals surface area contributed by atoms with Gasteiger partial charge < -0.3 is 39.4 Å². The molecule has 10 nitrogen and oxygen atoms in total. The fraction of sp³-hybridized carbons (Fsp3) is 0.647. The Morgan fingerprint density at radius 3 is 1.66 bits per heavy atom. The molecule has 6 atom stereocenters. The number of allylic oxidation sites excluding steroid dienone is 16. The normalized spacial score (nSPS) is 20.7. The van der Waals surface area contributed by atoms with Gasteiger partial charge in [0.05, 0.1) is 13.2 Å². The molecule has 0 aromatic carbocycles. The number of carbonyl (C=O) groups excluding carboxylic acids is 2. The summed E-state index contributed by atoms with van der Waals surface area (Å²) in [5.41, 5.74) is 0. The summed E-state index contributed by atoms with van der Waals surface area (Å²) in [7, 11) is 0. The third-order valence-corrected chi connectivity index (χ3v) is 10.0. The number of unbranched alkanes of at least 4 members (excludes halogenated alkanes) is 13. The van der Waals surface area contributed by atoms with E-state index >= 15 is 0 Å². The lowest BCUT2D eigenvalue weighted by molar-refractivity contribution is -0.305. The highest BCUT2D eigenvalue weighted by Crippen LogP contribution is 2.22. The summed E-state index contributed by atoms with van der Waals surface area (Å²) in [4.78, 5) is 25.3. The van der Waals surface area contributed by atoms with E-state index in [0.717, 1.165) is 57.8 Å². The first kappa shape index (κ1) is 55.6. The Bertz CT molecular complexity index is 1310. The van der Waals surface area contributed by atoms with Crippen molar-refractivity contribution in [3.05, 3.63) is 97.2 Å². The maximum Gasteiger partial charge on any atom is 0.306 e. The van der Waals surface area contributed by atoms with E-state index in [-0.39, 0.29) is 26.1 Å². The van der Waals surface area contributed by atoms with E-state index in [1.807, 2.05) is 36.5 Å². The monoisotopic (exact) mass is 855 g/mol. The summed E-state index contributed by atoms with van der Waals surface area (Å²) in [6, 6.07) is 0. The van der Waals surface area contributed by atoms with Crippen molar-refractivity contribution >= 4 is 11.9 Å². The fourth-order valence-electron chi connectivity index (χ4n) is 6.37. The molecule has 2 unspecified atom stereocenters. The summed E-state index contributed by atoms with van der Waals surface area (Å²) in [5.74, 6) is -0.909. The molecule has 0 amide bonds. The van der Waals surface area contributed by atoms with Gasteiger partial charge in [-0.25, -0.2) is 0 Å². The Morgan fingerprint density at radius 2 is 1.05 bits per heavy atom. The average molecular weight is 855 g/mol. The maximum atomic E-state index is 12.8. The van der Waals surface area contributed by atoms with Gasteiger partial charge in [0.15, 0.2) is 12.4 Å². The van der Waals surface area contributed by atoms with Crippen LogP contribution in [0.5, 0.6) is 0 Å². The first-order valence-corrected chi connectivity index (χ1v) is 23.4. The molecule has 0 aromatic rings. The molecular weight excluding hydrogens is 773 g/mol. The Hall–Kier alpha value is -3.38. The van der Waals surface area contributed by atoms with Crippen molar-refractivity contribution in [2.24, 2.45) is 0 Å². The second-order valence-corrected chi connectivity index (χ2v) is 15.6. The van der Waals surface area contributed by atoms with Crippen LogP contribution < -0.4 is 0 Å². The molecule has 0 aromatic heterocycles. The van der Waals surface area contributed by atoms with Crippen LogP contribution in [0.25, 0.3) is 0 Å². The van der Waals surface area contributed by atoms with Crippen LogP contribution in [0.4, 0.5) is 0 Å². The van der Waals surface area contributed by atoms with Crippen LogP contribution in [0.15, 0.2) is 97.2 Å². The molecule has 0 aliphatic carbocycles. The molecule has 1 aliphatic rings. The van der Waals surface area contributed by atoms with Crippen molar-refractivity contribution in [1.29, 1.82) is 0 Å². The Morgan fingerprint density at radius 1 is 0.541 bits per heavy atom. The number of hydrogen-bond donors (Lipinski definition) is 4. The van der Waals surface area contributed by atoms with Crippen molar-refractivity contribution in [2.45, 2.75) is 192 Å². The van der Waals surface area contributed by atoms with Crippen molar-refractivity contribution in [3.8, 4) is 0 Å². The maximum absolute atomic E-state index is 12.8. The van der Waals surface area contributed by atoms with Crippen LogP contribution in [0.3, 0.4) is 0 Å². The highest BCUT2D eigenvalue weighted by molar-refractivity contribution is 5.70. The second kappa shape index (κ2) is 40.7. The molecule has 1 saturated heterocycles. The second-order valence-electron chi connectivity index (χ2n) is 15.6. The molecule has 346 valence electrons. The molecule has 1 aliphatic heterocycles. The van der Waals surface area contributed by atoms with E-state index in [0.29, 0.717) is 19.3 Å². The predicted molar refractivity (Wildman–Crippen MR) is 247 cm³/mol. The van der Waals surface area contributed by atoms with Gasteiger partial charge in [-0.15, -0.1) is 0 Å². The number of rotatable bonds is 37. The van der Waals surface area contributed by atoms with E-state index < -0.39 is 55.4 Å². The lowest BCUT2D eigenvalue weighted by atomic mass is 9.99. The molecule has 61 heavy (non-hydrogen) atoms. The molecule has 0 saturated carbocycles. The molecule has 0 spiro atoms. The molecule has 1 fully saturated rings. The van der Waals surface area contributed by atoms with E-state index in [2.05, 4.69) is 74.6 Å². The van der Waals surface area contributed by atoms with Crippen LogP contribution in [0, 0.1) is 0 Å². The predicted octanol–water partition coefficient (Wildman–Crippen LogP) is 10.3. The first-order valence-electron chi connectivity index (χ1n) is 23.4. The third-order valence-electron chi connectivity index (χ3n) is 10.0. The third kappa shape index (κ3) is 32.0. The van der Waals surface area contributed by atoms with Crippen molar-refractivity contribution in [3.63, 3.8) is 0 Å². The molecule has 10 heteroatoms. The average Bonchev–Trinajstić information content (AvgIpc) is 3.26. The van der Waals surface area contributed by atoms with Gasteiger partial charge in [-0.2, -0.15) is 0 Å². The first-order chi connectivity index (χ1) is 29.8. The Labute approximate surface area is 368 Å². The van der Waals surface area contributed by atoms with Gasteiger partial charge in [0.2, 0.25) is 0 Å². The summed E-state index contributed by atoms with van der Waals surface area (Å²) in [6.07, 6.45) is 47.0. The smallest absolute Gasteiger partial charge is 0.306 e. The summed E-state index contributed by atoms with van der Waals surface area (Å²) in [6.45, 7) is 3.19. The number of aliphatic hydroxyl groups excluding tert-OH is 4. The van der Waals surface area contributed by atoms with Crippen LogP contribution in [-0.4, -0.2) is 89.0 Å². The van der Waals surface area contributed by atoms with Crippen molar-refractivity contribution in [2.75, 3.05) is 19.8 Å². The summed E-state index contributed by atoms with van der Waals surface area (Å²) < 4.78 is 22.1. The fourth-order valence-corrected chi connectivity index (χ4v) is 6.37. The molecule has 1 rings (SSSR count). The molecule has 0 radical (unpaired) electrons.